The van der Waals surface area contributed by atoms with Crippen LogP contribution in [0, 0.1) is 0 Å². The second kappa shape index (κ2) is 5.89. The molecule has 0 saturated carbocycles. The van der Waals surface area contributed by atoms with E-state index in [0.717, 1.165) is 0 Å². The van der Waals surface area contributed by atoms with Crippen molar-refractivity contribution in [2.24, 2.45) is 0 Å². The number of nitrogens with one attached hydrogen (secondary N) is 1. The lowest BCUT2D eigenvalue weighted by molar-refractivity contribution is 0.0516. The zero-order chi connectivity index (χ0) is 16.4. The number of rotatable bonds is 4. The predicted molar refractivity (Wildman–Crippen MR) is 86.1 cm³/mol. The first-order chi connectivity index (χ1) is 11.1. The fraction of sp³-hybridized carbons (Fsp3) is 0.118. The summed E-state index contributed by atoms with van der Waals surface area (Å²) in [6, 6.07) is 14.9. The monoisotopic (exact) mass is 329 g/mol. The molecule has 3 aromatic rings. The van der Waals surface area contributed by atoms with Gasteiger partial charge in [-0.3, -0.25) is 0 Å². The Hall–Kier alpha value is -2.60. The fourth-order valence-corrected chi connectivity index (χ4v) is 4.08. The molecule has 0 aliphatic carbocycles. The van der Waals surface area contributed by atoms with E-state index in [0.29, 0.717) is 10.9 Å². The Bertz CT molecular complexity index is 959. The first kappa shape index (κ1) is 15.3. The Labute approximate surface area is 133 Å². The number of carbonyl (C=O) groups excluding carboxylic acids is 1. The molecular formula is C17H15NO4S. The van der Waals surface area contributed by atoms with E-state index in [-0.39, 0.29) is 22.1 Å². The summed E-state index contributed by atoms with van der Waals surface area (Å²) in [5.74, 6) is -0.682. The second-order valence-corrected chi connectivity index (χ2v) is 6.80. The second-order valence-electron chi connectivity index (χ2n) is 4.91. The van der Waals surface area contributed by atoms with Gasteiger partial charge in [0, 0.05) is 10.9 Å². The van der Waals surface area contributed by atoms with Crippen LogP contribution in [-0.4, -0.2) is 26.0 Å². The fourth-order valence-electron chi connectivity index (χ4n) is 2.46. The molecule has 0 unspecified atom stereocenters. The van der Waals surface area contributed by atoms with Gasteiger partial charge < -0.3 is 9.72 Å². The maximum atomic E-state index is 13.0. The van der Waals surface area contributed by atoms with E-state index in [1.807, 2.05) is 0 Å². The number of benzene rings is 2. The molecule has 1 aromatic heterocycles. The van der Waals surface area contributed by atoms with Gasteiger partial charge in [-0.1, -0.05) is 36.4 Å². The van der Waals surface area contributed by atoms with E-state index in [1.165, 1.54) is 12.1 Å². The highest BCUT2D eigenvalue weighted by Gasteiger charge is 2.29. The Morgan fingerprint density at radius 2 is 1.70 bits per heavy atom. The molecule has 3 rings (SSSR count). The molecule has 2 aromatic carbocycles. The van der Waals surface area contributed by atoms with Gasteiger partial charge in [-0.05, 0) is 25.1 Å². The van der Waals surface area contributed by atoms with Crippen LogP contribution in [0.2, 0.25) is 0 Å². The zero-order valence-corrected chi connectivity index (χ0v) is 13.3. The molecule has 1 heterocycles. The van der Waals surface area contributed by atoms with Gasteiger partial charge in [0.25, 0.3) is 0 Å². The van der Waals surface area contributed by atoms with E-state index in [2.05, 4.69) is 4.98 Å². The van der Waals surface area contributed by atoms with Gasteiger partial charge in [-0.25, -0.2) is 13.2 Å². The van der Waals surface area contributed by atoms with Crippen LogP contribution in [0.15, 0.2) is 64.4 Å². The van der Waals surface area contributed by atoms with Gasteiger partial charge in [0.1, 0.15) is 10.6 Å². The number of aromatic nitrogens is 1. The lowest BCUT2D eigenvalue weighted by Gasteiger charge is -2.06. The Morgan fingerprint density at radius 3 is 2.39 bits per heavy atom. The van der Waals surface area contributed by atoms with Crippen molar-refractivity contribution in [2.45, 2.75) is 16.7 Å². The van der Waals surface area contributed by atoms with Crippen LogP contribution in [-0.2, 0) is 14.6 Å². The molecule has 1 N–H and O–H groups in total. The van der Waals surface area contributed by atoms with Gasteiger partial charge in [0.15, 0.2) is 0 Å². The van der Waals surface area contributed by atoms with Gasteiger partial charge >= 0.3 is 5.97 Å². The molecule has 0 fully saturated rings. The van der Waals surface area contributed by atoms with Crippen molar-refractivity contribution >= 4 is 26.7 Å². The minimum absolute atomic E-state index is 0.0437. The van der Waals surface area contributed by atoms with Crippen LogP contribution in [0.3, 0.4) is 0 Å². The number of sulfone groups is 1. The van der Waals surface area contributed by atoms with E-state index < -0.39 is 15.8 Å². The summed E-state index contributed by atoms with van der Waals surface area (Å²) in [4.78, 5) is 15.2. The summed E-state index contributed by atoms with van der Waals surface area (Å²) in [6.45, 7) is 1.84. The first-order valence-corrected chi connectivity index (χ1v) is 8.62. The van der Waals surface area contributed by atoms with Crippen molar-refractivity contribution in [1.29, 1.82) is 0 Å². The Balaban J connectivity index is 2.31. The third-order valence-electron chi connectivity index (χ3n) is 3.46. The molecule has 23 heavy (non-hydrogen) atoms. The summed E-state index contributed by atoms with van der Waals surface area (Å²) >= 11 is 0. The van der Waals surface area contributed by atoms with Gasteiger partial charge in [-0.2, -0.15) is 0 Å². The number of para-hydroxylation sites is 1. The molecule has 0 bridgehead atoms. The summed E-state index contributed by atoms with van der Waals surface area (Å²) in [6.07, 6.45) is 0. The number of hydrogen-bond acceptors (Lipinski definition) is 4. The minimum Gasteiger partial charge on any atom is -0.461 e. The van der Waals surface area contributed by atoms with Gasteiger partial charge in [0.05, 0.1) is 11.5 Å². The largest absolute Gasteiger partial charge is 0.461 e. The lowest BCUT2D eigenvalue weighted by atomic mass is 10.2. The normalized spacial score (nSPS) is 11.5. The van der Waals surface area contributed by atoms with E-state index in [4.69, 9.17) is 4.74 Å². The molecule has 5 nitrogen and oxygen atoms in total. The van der Waals surface area contributed by atoms with Crippen molar-refractivity contribution < 1.29 is 17.9 Å². The molecule has 6 heteroatoms. The standard InChI is InChI=1S/C17H15NO4S/c1-2-22-17(19)15-16(13-10-6-7-11-14(13)18-15)23(20,21)12-8-4-3-5-9-12/h3-11,18H,2H2,1H3. The number of fused-ring (bicyclic) bond motifs is 1. The molecular weight excluding hydrogens is 314 g/mol. The maximum Gasteiger partial charge on any atom is 0.356 e. The molecule has 0 aliphatic heterocycles. The zero-order valence-electron chi connectivity index (χ0n) is 12.4. The Kier molecular flexibility index (Phi) is 3.92. The summed E-state index contributed by atoms with van der Waals surface area (Å²) in [7, 11) is -3.85. The average molecular weight is 329 g/mol. The summed E-state index contributed by atoms with van der Waals surface area (Å²) < 4.78 is 31.0. The molecule has 0 amide bonds. The van der Waals surface area contributed by atoms with E-state index in [9.17, 15) is 13.2 Å². The quantitative estimate of drug-likeness (QED) is 0.746. The van der Waals surface area contributed by atoms with E-state index >= 15 is 0 Å². The maximum absolute atomic E-state index is 13.0. The van der Waals surface area contributed by atoms with Crippen molar-refractivity contribution in [3.8, 4) is 0 Å². The Morgan fingerprint density at radius 1 is 1.04 bits per heavy atom. The molecule has 118 valence electrons. The summed E-state index contributed by atoms with van der Waals surface area (Å²) in [5, 5.41) is 0.472. The molecule has 0 atom stereocenters. The lowest BCUT2D eigenvalue weighted by Crippen LogP contribution is -2.11. The van der Waals surface area contributed by atoms with Crippen molar-refractivity contribution in [3.63, 3.8) is 0 Å². The van der Waals surface area contributed by atoms with Crippen molar-refractivity contribution in [1.82, 2.24) is 4.98 Å². The SMILES string of the molecule is CCOC(=O)c1[nH]c2ccccc2c1S(=O)(=O)c1ccccc1. The highest BCUT2D eigenvalue weighted by molar-refractivity contribution is 7.91. The third kappa shape index (κ3) is 2.61. The van der Waals surface area contributed by atoms with E-state index in [1.54, 1.807) is 49.4 Å². The van der Waals surface area contributed by atoms with Crippen LogP contribution < -0.4 is 0 Å². The highest BCUT2D eigenvalue weighted by atomic mass is 32.2. The van der Waals surface area contributed by atoms with Crippen LogP contribution in [0.5, 0.6) is 0 Å². The predicted octanol–water partition coefficient (Wildman–Crippen LogP) is 3.18. The van der Waals surface area contributed by atoms with Crippen molar-refractivity contribution in [3.05, 3.63) is 60.3 Å². The molecule has 0 saturated heterocycles. The number of esters is 1. The smallest absolute Gasteiger partial charge is 0.356 e. The van der Waals surface area contributed by atoms with Gasteiger partial charge in [-0.15, -0.1) is 0 Å². The number of H-pyrrole nitrogens is 1. The molecule has 0 radical (unpaired) electrons. The molecule has 0 aliphatic rings. The van der Waals surface area contributed by atoms with Gasteiger partial charge in [0.2, 0.25) is 9.84 Å². The topological polar surface area (TPSA) is 76.2 Å². The summed E-state index contributed by atoms with van der Waals surface area (Å²) in [5.41, 5.74) is 0.530. The van der Waals surface area contributed by atoms with Crippen LogP contribution >= 0.6 is 0 Å². The van der Waals surface area contributed by atoms with Crippen LogP contribution in [0.4, 0.5) is 0 Å². The third-order valence-corrected chi connectivity index (χ3v) is 5.31. The van der Waals surface area contributed by atoms with Crippen LogP contribution in [0.25, 0.3) is 10.9 Å². The first-order valence-electron chi connectivity index (χ1n) is 7.13. The average Bonchev–Trinajstić information content (AvgIpc) is 2.96. The highest BCUT2D eigenvalue weighted by Crippen LogP contribution is 2.32. The number of aromatic amines is 1. The van der Waals surface area contributed by atoms with Crippen molar-refractivity contribution in [2.75, 3.05) is 6.61 Å². The molecule has 0 spiro atoms. The number of ether oxygens (including phenoxy) is 1. The minimum atomic E-state index is -3.85. The number of hydrogen-bond donors (Lipinski definition) is 1. The van der Waals surface area contributed by atoms with Crippen LogP contribution in [0.1, 0.15) is 17.4 Å². The number of carbonyl (C=O) groups is 1.